The van der Waals surface area contributed by atoms with Gasteiger partial charge in [0.1, 0.15) is 22.8 Å². The highest BCUT2D eigenvalue weighted by atomic mass is 32.2. The molecule has 1 aromatic rings. The van der Waals surface area contributed by atoms with Gasteiger partial charge in [-0.25, -0.2) is 0 Å². The zero-order valence-corrected chi connectivity index (χ0v) is 13.5. The standard InChI is InChI=1S/C15H22O4S/c1-10(2)20-7-6-12(16)15-13(18-4)8-11(17-3)9-14(15)19-5/h8-10H,6-7H2,1-5H3. The number of ether oxygens (including phenoxy) is 3. The molecule has 0 N–H and O–H groups in total. The molecule has 5 heteroatoms. The third-order valence-electron chi connectivity index (χ3n) is 2.77. The van der Waals surface area contributed by atoms with Crippen LogP contribution in [0, 0.1) is 0 Å². The van der Waals surface area contributed by atoms with Crippen molar-refractivity contribution in [1.29, 1.82) is 0 Å². The molecule has 0 fully saturated rings. The Morgan fingerprint density at radius 1 is 1.10 bits per heavy atom. The lowest BCUT2D eigenvalue weighted by Crippen LogP contribution is -2.07. The molecule has 0 heterocycles. The van der Waals surface area contributed by atoms with Crippen LogP contribution in [0.3, 0.4) is 0 Å². The molecule has 0 aliphatic heterocycles. The van der Waals surface area contributed by atoms with Crippen molar-refractivity contribution in [3.05, 3.63) is 17.7 Å². The van der Waals surface area contributed by atoms with Gasteiger partial charge in [0.05, 0.1) is 21.3 Å². The van der Waals surface area contributed by atoms with Crippen LogP contribution in [0.4, 0.5) is 0 Å². The summed E-state index contributed by atoms with van der Waals surface area (Å²) in [5.74, 6) is 2.39. The van der Waals surface area contributed by atoms with E-state index in [0.29, 0.717) is 34.5 Å². The normalized spacial score (nSPS) is 10.5. The van der Waals surface area contributed by atoms with Gasteiger partial charge < -0.3 is 14.2 Å². The van der Waals surface area contributed by atoms with Crippen molar-refractivity contribution in [2.24, 2.45) is 0 Å². The van der Waals surface area contributed by atoms with Gasteiger partial charge in [0.2, 0.25) is 0 Å². The fourth-order valence-corrected chi connectivity index (χ4v) is 2.57. The largest absolute Gasteiger partial charge is 0.496 e. The Morgan fingerprint density at radius 2 is 1.65 bits per heavy atom. The van der Waals surface area contributed by atoms with E-state index < -0.39 is 0 Å². The molecule has 0 atom stereocenters. The highest BCUT2D eigenvalue weighted by molar-refractivity contribution is 7.99. The molecule has 0 aliphatic carbocycles. The topological polar surface area (TPSA) is 44.8 Å². The summed E-state index contributed by atoms with van der Waals surface area (Å²) < 4.78 is 15.8. The summed E-state index contributed by atoms with van der Waals surface area (Å²) in [5.41, 5.74) is 0.486. The van der Waals surface area contributed by atoms with Crippen LogP contribution in [-0.2, 0) is 0 Å². The van der Waals surface area contributed by atoms with E-state index in [-0.39, 0.29) is 5.78 Å². The molecule has 0 aliphatic rings. The number of rotatable bonds is 8. The van der Waals surface area contributed by atoms with E-state index in [1.807, 2.05) is 0 Å². The first-order valence-electron chi connectivity index (χ1n) is 6.48. The SMILES string of the molecule is COc1cc(OC)c(C(=O)CCSC(C)C)c(OC)c1. The second-order valence-electron chi connectivity index (χ2n) is 4.50. The molecule has 0 unspecified atom stereocenters. The third-order valence-corrected chi connectivity index (χ3v) is 3.88. The van der Waals surface area contributed by atoms with Crippen LogP contribution in [0.25, 0.3) is 0 Å². The minimum absolute atomic E-state index is 0.0227. The molecule has 0 bridgehead atoms. The molecule has 0 aromatic heterocycles. The summed E-state index contributed by atoms with van der Waals surface area (Å²) in [7, 11) is 4.64. The van der Waals surface area contributed by atoms with E-state index in [2.05, 4.69) is 13.8 Å². The Kier molecular flexibility index (Phi) is 6.71. The van der Waals surface area contributed by atoms with Gasteiger partial charge in [-0.15, -0.1) is 0 Å². The van der Waals surface area contributed by atoms with Crippen LogP contribution < -0.4 is 14.2 Å². The highest BCUT2D eigenvalue weighted by Gasteiger charge is 2.20. The van der Waals surface area contributed by atoms with Gasteiger partial charge in [-0.3, -0.25) is 4.79 Å². The number of carbonyl (C=O) groups is 1. The smallest absolute Gasteiger partial charge is 0.171 e. The molecule has 112 valence electrons. The van der Waals surface area contributed by atoms with E-state index in [1.165, 1.54) is 14.2 Å². The average Bonchev–Trinajstić information content (AvgIpc) is 2.44. The summed E-state index contributed by atoms with van der Waals surface area (Å²) in [6.07, 6.45) is 0.460. The number of carbonyl (C=O) groups excluding carboxylic acids is 1. The summed E-state index contributed by atoms with van der Waals surface area (Å²) in [4.78, 5) is 12.4. The highest BCUT2D eigenvalue weighted by Crippen LogP contribution is 2.35. The maximum Gasteiger partial charge on any atom is 0.171 e. The molecule has 0 radical (unpaired) electrons. The Labute approximate surface area is 124 Å². The maximum atomic E-state index is 12.4. The predicted molar refractivity (Wildman–Crippen MR) is 82.6 cm³/mol. The summed E-state index contributed by atoms with van der Waals surface area (Å²) in [6, 6.07) is 3.40. The number of Topliss-reactive ketones (excluding diaryl/α,β-unsaturated/α-hetero) is 1. The summed E-state index contributed by atoms with van der Waals surface area (Å²) in [5, 5.41) is 0.516. The van der Waals surface area contributed by atoms with Gasteiger partial charge in [0.15, 0.2) is 5.78 Å². The van der Waals surface area contributed by atoms with Crippen molar-refractivity contribution in [2.45, 2.75) is 25.5 Å². The van der Waals surface area contributed by atoms with Crippen molar-refractivity contribution in [3.63, 3.8) is 0 Å². The molecule has 0 saturated heterocycles. The second kappa shape index (κ2) is 8.04. The zero-order valence-electron chi connectivity index (χ0n) is 12.7. The minimum atomic E-state index is 0.0227. The number of hydrogen-bond acceptors (Lipinski definition) is 5. The van der Waals surface area contributed by atoms with Crippen LogP contribution in [0.5, 0.6) is 17.2 Å². The number of benzene rings is 1. The molecule has 0 spiro atoms. The first-order chi connectivity index (χ1) is 9.53. The van der Waals surface area contributed by atoms with Crippen molar-refractivity contribution >= 4 is 17.5 Å². The van der Waals surface area contributed by atoms with Crippen LogP contribution in [-0.4, -0.2) is 38.1 Å². The predicted octanol–water partition coefficient (Wildman–Crippen LogP) is 3.43. The lowest BCUT2D eigenvalue weighted by atomic mass is 10.1. The first-order valence-corrected chi connectivity index (χ1v) is 7.53. The van der Waals surface area contributed by atoms with Crippen LogP contribution in [0.2, 0.25) is 0 Å². The number of thioether (sulfide) groups is 1. The maximum absolute atomic E-state index is 12.4. The van der Waals surface area contributed by atoms with Crippen molar-refractivity contribution in [2.75, 3.05) is 27.1 Å². The fourth-order valence-electron chi connectivity index (χ4n) is 1.79. The molecule has 0 amide bonds. The van der Waals surface area contributed by atoms with Gasteiger partial charge in [-0.05, 0) is 5.25 Å². The van der Waals surface area contributed by atoms with Crippen LogP contribution >= 0.6 is 11.8 Å². The molecule has 4 nitrogen and oxygen atoms in total. The fraction of sp³-hybridized carbons (Fsp3) is 0.533. The van der Waals surface area contributed by atoms with Crippen molar-refractivity contribution in [3.8, 4) is 17.2 Å². The summed E-state index contributed by atoms with van der Waals surface area (Å²) in [6.45, 7) is 4.23. The van der Waals surface area contributed by atoms with Gasteiger partial charge in [0.25, 0.3) is 0 Å². The first kappa shape index (κ1) is 16.7. The number of hydrogen-bond donors (Lipinski definition) is 0. The Bertz CT molecular complexity index is 432. The van der Waals surface area contributed by atoms with Gasteiger partial charge in [-0.1, -0.05) is 13.8 Å². The Hall–Kier alpha value is -1.36. The average molecular weight is 298 g/mol. The van der Waals surface area contributed by atoms with Gasteiger partial charge >= 0.3 is 0 Å². The zero-order chi connectivity index (χ0) is 15.1. The number of ketones is 1. The second-order valence-corrected chi connectivity index (χ2v) is 6.18. The van der Waals surface area contributed by atoms with Crippen LogP contribution in [0.1, 0.15) is 30.6 Å². The molecule has 20 heavy (non-hydrogen) atoms. The van der Waals surface area contributed by atoms with E-state index in [1.54, 1.807) is 31.0 Å². The molecular weight excluding hydrogens is 276 g/mol. The molecular formula is C15H22O4S. The van der Waals surface area contributed by atoms with Gasteiger partial charge in [-0.2, -0.15) is 11.8 Å². The minimum Gasteiger partial charge on any atom is -0.496 e. The number of methoxy groups -OCH3 is 3. The Balaban J connectivity index is 2.99. The summed E-state index contributed by atoms with van der Waals surface area (Å²) >= 11 is 1.76. The molecule has 1 rings (SSSR count). The lowest BCUT2D eigenvalue weighted by molar-refractivity contribution is 0.0983. The molecule has 1 aromatic carbocycles. The van der Waals surface area contributed by atoms with E-state index in [9.17, 15) is 4.79 Å². The van der Waals surface area contributed by atoms with Crippen molar-refractivity contribution < 1.29 is 19.0 Å². The third kappa shape index (κ3) is 4.34. The van der Waals surface area contributed by atoms with Crippen molar-refractivity contribution in [1.82, 2.24) is 0 Å². The van der Waals surface area contributed by atoms with E-state index >= 15 is 0 Å². The molecule has 0 saturated carbocycles. The van der Waals surface area contributed by atoms with E-state index in [0.717, 1.165) is 5.75 Å². The Morgan fingerprint density at radius 3 is 2.05 bits per heavy atom. The van der Waals surface area contributed by atoms with E-state index in [4.69, 9.17) is 14.2 Å². The van der Waals surface area contributed by atoms with Crippen LogP contribution in [0.15, 0.2) is 12.1 Å². The quantitative estimate of drug-likeness (QED) is 0.688. The lowest BCUT2D eigenvalue weighted by Gasteiger charge is -2.14. The monoisotopic (exact) mass is 298 g/mol. The van der Waals surface area contributed by atoms with Gasteiger partial charge in [0, 0.05) is 24.3 Å².